The van der Waals surface area contributed by atoms with E-state index in [-0.39, 0.29) is 5.54 Å². The van der Waals surface area contributed by atoms with Gasteiger partial charge in [0.05, 0.1) is 6.54 Å². The zero-order valence-corrected chi connectivity index (χ0v) is 10.3. The highest BCUT2D eigenvalue weighted by molar-refractivity contribution is 4.95. The molecule has 1 fully saturated rings. The second-order valence-corrected chi connectivity index (χ2v) is 5.20. The molecule has 0 atom stereocenters. The number of nitrogens with two attached hydrogens (primary N) is 1. The summed E-state index contributed by atoms with van der Waals surface area (Å²) in [6, 6.07) is 0. The molecule has 0 aliphatic heterocycles. The molecule has 0 saturated heterocycles. The average molecular weight is 222 g/mol. The van der Waals surface area contributed by atoms with Gasteiger partial charge in [-0.1, -0.05) is 12.8 Å². The van der Waals surface area contributed by atoms with Crippen molar-refractivity contribution in [3.05, 3.63) is 18.2 Å². The Hall–Kier alpha value is -0.870. The van der Waals surface area contributed by atoms with Gasteiger partial charge in [0.1, 0.15) is 5.82 Å². The maximum absolute atomic E-state index is 6.36. The van der Waals surface area contributed by atoms with Gasteiger partial charge in [0, 0.05) is 31.5 Å². The molecule has 1 aliphatic carbocycles. The van der Waals surface area contributed by atoms with Crippen LogP contribution in [0.5, 0.6) is 0 Å². The lowest BCUT2D eigenvalue weighted by Gasteiger charge is -2.29. The van der Waals surface area contributed by atoms with Gasteiger partial charge in [-0.05, 0) is 19.9 Å². The second-order valence-electron chi connectivity index (χ2n) is 5.20. The summed E-state index contributed by atoms with van der Waals surface area (Å²) in [5.41, 5.74) is 6.40. The molecule has 0 bridgehead atoms. The lowest BCUT2D eigenvalue weighted by Crippen LogP contribution is -2.46. The Balaban J connectivity index is 1.89. The third kappa shape index (κ3) is 2.62. The van der Waals surface area contributed by atoms with Crippen molar-refractivity contribution in [1.82, 2.24) is 14.5 Å². The summed E-state index contributed by atoms with van der Waals surface area (Å²) in [7, 11) is 4.16. The Bertz CT molecular complexity index is 339. The minimum atomic E-state index is 0.0416. The summed E-state index contributed by atoms with van der Waals surface area (Å²) in [6.07, 6.45) is 8.73. The van der Waals surface area contributed by atoms with Crippen LogP contribution in [-0.4, -0.2) is 33.6 Å². The lowest BCUT2D eigenvalue weighted by molar-refractivity contribution is 0.235. The SMILES string of the molecule is CN(Cc1nccn1C)CC1(N)CCCC1. The van der Waals surface area contributed by atoms with Crippen molar-refractivity contribution in [1.29, 1.82) is 0 Å². The van der Waals surface area contributed by atoms with Gasteiger partial charge in [-0.3, -0.25) is 4.90 Å². The predicted molar refractivity (Wildman–Crippen MR) is 64.9 cm³/mol. The standard InChI is InChI=1S/C12H22N4/c1-15(9-11-14-7-8-16(11)2)10-12(13)5-3-4-6-12/h7-8H,3-6,9-10,13H2,1-2H3. The zero-order chi connectivity index (χ0) is 11.6. The molecule has 0 aromatic carbocycles. The molecule has 1 heterocycles. The first-order valence-electron chi connectivity index (χ1n) is 6.03. The number of imidazole rings is 1. The maximum atomic E-state index is 6.36. The molecular weight excluding hydrogens is 200 g/mol. The number of hydrogen-bond acceptors (Lipinski definition) is 3. The molecule has 0 spiro atoms. The molecule has 16 heavy (non-hydrogen) atoms. The van der Waals surface area contributed by atoms with Gasteiger partial charge in [-0.2, -0.15) is 0 Å². The second kappa shape index (κ2) is 4.55. The fourth-order valence-electron chi connectivity index (χ4n) is 2.62. The van der Waals surface area contributed by atoms with Crippen LogP contribution in [0.15, 0.2) is 12.4 Å². The van der Waals surface area contributed by atoms with E-state index in [9.17, 15) is 0 Å². The number of hydrogen-bond donors (Lipinski definition) is 1. The molecule has 4 nitrogen and oxygen atoms in total. The van der Waals surface area contributed by atoms with E-state index in [1.165, 1.54) is 12.8 Å². The predicted octanol–water partition coefficient (Wildman–Crippen LogP) is 1.12. The van der Waals surface area contributed by atoms with Crippen LogP contribution in [0.25, 0.3) is 0 Å². The lowest BCUT2D eigenvalue weighted by atomic mass is 9.99. The van der Waals surface area contributed by atoms with Crippen molar-refractivity contribution in [3.63, 3.8) is 0 Å². The van der Waals surface area contributed by atoms with Crippen molar-refractivity contribution in [2.75, 3.05) is 13.6 Å². The van der Waals surface area contributed by atoms with E-state index in [0.29, 0.717) is 0 Å². The van der Waals surface area contributed by atoms with Gasteiger partial charge in [0.15, 0.2) is 0 Å². The van der Waals surface area contributed by atoms with Gasteiger partial charge in [-0.15, -0.1) is 0 Å². The smallest absolute Gasteiger partial charge is 0.122 e. The molecule has 2 N–H and O–H groups in total. The highest BCUT2D eigenvalue weighted by Crippen LogP contribution is 2.27. The number of aryl methyl sites for hydroxylation is 1. The Morgan fingerprint density at radius 1 is 1.50 bits per heavy atom. The van der Waals surface area contributed by atoms with Crippen LogP contribution in [0.2, 0.25) is 0 Å². The van der Waals surface area contributed by atoms with Crippen molar-refractivity contribution >= 4 is 0 Å². The minimum absolute atomic E-state index is 0.0416. The highest BCUT2D eigenvalue weighted by atomic mass is 15.2. The molecule has 0 amide bonds. The normalized spacial score (nSPS) is 19.5. The molecule has 1 aromatic heterocycles. The van der Waals surface area contributed by atoms with Gasteiger partial charge in [0.2, 0.25) is 0 Å². The molecule has 0 unspecified atom stereocenters. The highest BCUT2D eigenvalue weighted by Gasteiger charge is 2.30. The summed E-state index contributed by atoms with van der Waals surface area (Å²) in [5.74, 6) is 1.10. The summed E-state index contributed by atoms with van der Waals surface area (Å²) in [6.45, 7) is 1.85. The Labute approximate surface area is 97.4 Å². The van der Waals surface area contributed by atoms with Gasteiger partial charge < -0.3 is 10.3 Å². The maximum Gasteiger partial charge on any atom is 0.122 e. The zero-order valence-electron chi connectivity index (χ0n) is 10.3. The van der Waals surface area contributed by atoms with Crippen LogP contribution >= 0.6 is 0 Å². The molecule has 1 saturated carbocycles. The third-order valence-electron chi connectivity index (χ3n) is 3.52. The van der Waals surface area contributed by atoms with Crippen molar-refractivity contribution in [2.24, 2.45) is 12.8 Å². The Morgan fingerprint density at radius 3 is 2.75 bits per heavy atom. The Morgan fingerprint density at radius 2 is 2.19 bits per heavy atom. The first kappa shape index (κ1) is 11.6. The van der Waals surface area contributed by atoms with E-state index in [1.54, 1.807) is 0 Å². The summed E-state index contributed by atoms with van der Waals surface area (Å²) in [4.78, 5) is 6.62. The van der Waals surface area contributed by atoms with Crippen molar-refractivity contribution in [3.8, 4) is 0 Å². The van der Waals surface area contributed by atoms with Crippen molar-refractivity contribution < 1.29 is 0 Å². The monoisotopic (exact) mass is 222 g/mol. The minimum Gasteiger partial charge on any atom is -0.337 e. The van der Waals surface area contributed by atoms with E-state index in [2.05, 4.69) is 21.5 Å². The summed E-state index contributed by atoms with van der Waals surface area (Å²) >= 11 is 0. The topological polar surface area (TPSA) is 47.1 Å². The van der Waals surface area contributed by atoms with Crippen LogP contribution in [0.4, 0.5) is 0 Å². The fourth-order valence-corrected chi connectivity index (χ4v) is 2.62. The summed E-state index contributed by atoms with van der Waals surface area (Å²) in [5, 5.41) is 0. The fraction of sp³-hybridized carbons (Fsp3) is 0.750. The van der Waals surface area contributed by atoms with E-state index >= 15 is 0 Å². The van der Waals surface area contributed by atoms with Crippen LogP contribution < -0.4 is 5.73 Å². The number of likely N-dealkylation sites (N-methyl/N-ethyl adjacent to an activating group) is 1. The van der Waals surface area contributed by atoms with E-state index in [4.69, 9.17) is 5.73 Å². The summed E-state index contributed by atoms with van der Waals surface area (Å²) < 4.78 is 2.06. The number of rotatable bonds is 4. The van der Waals surface area contributed by atoms with Crippen LogP contribution in [0.3, 0.4) is 0 Å². The van der Waals surface area contributed by atoms with Crippen LogP contribution in [0.1, 0.15) is 31.5 Å². The molecular formula is C12H22N4. The average Bonchev–Trinajstić information content (AvgIpc) is 2.77. The van der Waals surface area contributed by atoms with Crippen LogP contribution in [-0.2, 0) is 13.6 Å². The van der Waals surface area contributed by atoms with Crippen LogP contribution in [0, 0.1) is 0 Å². The molecule has 1 aromatic rings. The molecule has 90 valence electrons. The first-order valence-corrected chi connectivity index (χ1v) is 6.03. The van der Waals surface area contributed by atoms with Gasteiger partial charge in [0.25, 0.3) is 0 Å². The molecule has 4 heteroatoms. The molecule has 1 aliphatic rings. The largest absolute Gasteiger partial charge is 0.337 e. The number of aromatic nitrogens is 2. The first-order chi connectivity index (χ1) is 7.59. The third-order valence-corrected chi connectivity index (χ3v) is 3.52. The Kier molecular flexibility index (Phi) is 3.30. The molecule has 0 radical (unpaired) electrons. The van der Waals surface area contributed by atoms with Crippen molar-refractivity contribution in [2.45, 2.75) is 37.8 Å². The quantitative estimate of drug-likeness (QED) is 0.830. The molecule has 2 rings (SSSR count). The van der Waals surface area contributed by atoms with E-state index in [1.807, 2.05) is 19.4 Å². The van der Waals surface area contributed by atoms with Gasteiger partial charge >= 0.3 is 0 Å². The number of nitrogens with zero attached hydrogens (tertiary/aromatic N) is 3. The van der Waals surface area contributed by atoms with E-state index in [0.717, 1.165) is 31.8 Å². The van der Waals surface area contributed by atoms with Gasteiger partial charge in [-0.25, -0.2) is 4.98 Å². The van der Waals surface area contributed by atoms with E-state index < -0.39 is 0 Å².